The molecule has 0 bridgehead atoms. The molecule has 0 radical (unpaired) electrons. The first-order chi connectivity index (χ1) is 7.02. The number of ether oxygens (including phenoxy) is 1. The Bertz CT molecular complexity index is 207. The number of hydrogen-bond acceptors (Lipinski definition) is 2. The van der Waals surface area contributed by atoms with Crippen LogP contribution in [0, 0.1) is 11.3 Å². The van der Waals surface area contributed by atoms with Crippen molar-refractivity contribution < 1.29 is 14.6 Å². The van der Waals surface area contributed by atoms with E-state index in [0.29, 0.717) is 13.0 Å². The first kappa shape index (κ1) is 12.5. The number of aliphatic carboxylic acids is 1. The Kier molecular flexibility index (Phi) is 4.58. The molecule has 0 amide bonds. The van der Waals surface area contributed by atoms with Gasteiger partial charge in [0.15, 0.2) is 0 Å². The number of rotatable bonds is 8. The summed E-state index contributed by atoms with van der Waals surface area (Å²) in [6.45, 7) is 5.07. The lowest BCUT2D eigenvalue weighted by atomic mass is 9.88. The molecule has 1 N–H and O–H groups in total. The van der Waals surface area contributed by atoms with Gasteiger partial charge in [0, 0.05) is 13.2 Å². The Morgan fingerprint density at radius 3 is 2.60 bits per heavy atom. The zero-order valence-corrected chi connectivity index (χ0v) is 9.79. The second-order valence-corrected chi connectivity index (χ2v) is 5.14. The van der Waals surface area contributed by atoms with Crippen LogP contribution >= 0.6 is 0 Å². The van der Waals surface area contributed by atoms with Crippen LogP contribution in [0.1, 0.15) is 46.0 Å². The standard InChI is InChI=1S/C12H22O3/c1-12(2,11(13)14)7-3-8-15-9-6-10-4-5-10/h10H,3-9H2,1-2H3,(H,13,14). The minimum absolute atomic E-state index is 0.611. The van der Waals surface area contributed by atoms with Crippen LogP contribution in [-0.4, -0.2) is 24.3 Å². The van der Waals surface area contributed by atoms with Gasteiger partial charge in [0.2, 0.25) is 0 Å². The van der Waals surface area contributed by atoms with E-state index in [9.17, 15) is 4.79 Å². The fraction of sp³-hybridized carbons (Fsp3) is 0.917. The molecule has 15 heavy (non-hydrogen) atoms. The van der Waals surface area contributed by atoms with Crippen LogP contribution in [-0.2, 0) is 9.53 Å². The van der Waals surface area contributed by atoms with Crippen molar-refractivity contribution in [2.45, 2.75) is 46.0 Å². The number of carbonyl (C=O) groups is 1. The van der Waals surface area contributed by atoms with Crippen LogP contribution in [0.25, 0.3) is 0 Å². The van der Waals surface area contributed by atoms with Crippen LogP contribution < -0.4 is 0 Å². The topological polar surface area (TPSA) is 46.5 Å². The van der Waals surface area contributed by atoms with E-state index in [1.165, 1.54) is 19.3 Å². The van der Waals surface area contributed by atoms with Gasteiger partial charge in [0.05, 0.1) is 5.41 Å². The maximum absolute atomic E-state index is 10.8. The molecule has 1 aliphatic rings. The fourth-order valence-corrected chi connectivity index (χ4v) is 1.48. The van der Waals surface area contributed by atoms with Gasteiger partial charge < -0.3 is 9.84 Å². The van der Waals surface area contributed by atoms with E-state index in [-0.39, 0.29) is 0 Å². The third kappa shape index (κ3) is 5.17. The van der Waals surface area contributed by atoms with Crippen molar-refractivity contribution in [3.05, 3.63) is 0 Å². The van der Waals surface area contributed by atoms with Gasteiger partial charge in [0.25, 0.3) is 0 Å². The minimum Gasteiger partial charge on any atom is -0.481 e. The predicted molar refractivity (Wildman–Crippen MR) is 58.8 cm³/mol. The van der Waals surface area contributed by atoms with E-state index in [1.54, 1.807) is 13.8 Å². The Morgan fingerprint density at radius 1 is 1.40 bits per heavy atom. The quantitative estimate of drug-likeness (QED) is 0.632. The highest BCUT2D eigenvalue weighted by atomic mass is 16.5. The Balaban J connectivity index is 1.93. The smallest absolute Gasteiger partial charge is 0.309 e. The predicted octanol–water partition coefficient (Wildman–Crippen LogP) is 2.69. The van der Waals surface area contributed by atoms with E-state index < -0.39 is 11.4 Å². The summed E-state index contributed by atoms with van der Waals surface area (Å²) in [4.78, 5) is 10.8. The Labute approximate surface area is 91.8 Å². The first-order valence-electron chi connectivity index (χ1n) is 5.83. The second-order valence-electron chi connectivity index (χ2n) is 5.14. The van der Waals surface area contributed by atoms with Crippen molar-refractivity contribution in [3.8, 4) is 0 Å². The van der Waals surface area contributed by atoms with Crippen molar-refractivity contribution in [2.24, 2.45) is 11.3 Å². The van der Waals surface area contributed by atoms with Crippen LogP contribution in [0.2, 0.25) is 0 Å². The molecule has 0 spiro atoms. The Morgan fingerprint density at radius 2 is 2.07 bits per heavy atom. The van der Waals surface area contributed by atoms with Crippen molar-refractivity contribution in [1.29, 1.82) is 0 Å². The summed E-state index contributed by atoms with van der Waals surface area (Å²) < 4.78 is 5.47. The molecule has 0 unspecified atom stereocenters. The minimum atomic E-state index is -0.722. The van der Waals surface area contributed by atoms with Crippen molar-refractivity contribution in [1.82, 2.24) is 0 Å². The van der Waals surface area contributed by atoms with E-state index in [4.69, 9.17) is 9.84 Å². The molecular weight excluding hydrogens is 192 g/mol. The average molecular weight is 214 g/mol. The fourth-order valence-electron chi connectivity index (χ4n) is 1.48. The maximum Gasteiger partial charge on any atom is 0.309 e. The van der Waals surface area contributed by atoms with Crippen LogP contribution in [0.4, 0.5) is 0 Å². The Hall–Kier alpha value is -0.570. The van der Waals surface area contributed by atoms with Gasteiger partial charge in [-0.15, -0.1) is 0 Å². The maximum atomic E-state index is 10.8. The zero-order valence-electron chi connectivity index (χ0n) is 9.79. The summed E-state index contributed by atoms with van der Waals surface area (Å²) in [6.07, 6.45) is 5.45. The third-order valence-corrected chi connectivity index (χ3v) is 3.04. The molecular formula is C12H22O3. The van der Waals surface area contributed by atoms with Gasteiger partial charge in [0.1, 0.15) is 0 Å². The normalized spacial score (nSPS) is 16.7. The summed E-state index contributed by atoms with van der Waals surface area (Å²) in [5, 5.41) is 8.88. The van der Waals surface area contributed by atoms with Gasteiger partial charge in [-0.3, -0.25) is 4.79 Å². The third-order valence-electron chi connectivity index (χ3n) is 3.04. The monoisotopic (exact) mass is 214 g/mol. The van der Waals surface area contributed by atoms with Crippen LogP contribution in [0.15, 0.2) is 0 Å². The number of hydrogen-bond donors (Lipinski definition) is 1. The highest BCUT2D eigenvalue weighted by molar-refractivity contribution is 5.73. The lowest BCUT2D eigenvalue weighted by Gasteiger charge is -2.18. The van der Waals surface area contributed by atoms with Crippen molar-refractivity contribution in [2.75, 3.05) is 13.2 Å². The number of carboxylic acids is 1. The van der Waals surface area contributed by atoms with E-state index in [2.05, 4.69) is 0 Å². The van der Waals surface area contributed by atoms with Crippen LogP contribution in [0.5, 0.6) is 0 Å². The largest absolute Gasteiger partial charge is 0.481 e. The van der Waals surface area contributed by atoms with Crippen molar-refractivity contribution >= 4 is 5.97 Å². The molecule has 1 saturated carbocycles. The molecule has 0 aromatic heterocycles. The van der Waals surface area contributed by atoms with Crippen LogP contribution in [0.3, 0.4) is 0 Å². The van der Waals surface area contributed by atoms with Gasteiger partial charge in [-0.25, -0.2) is 0 Å². The molecule has 1 aliphatic carbocycles. The van der Waals surface area contributed by atoms with Gasteiger partial charge in [-0.2, -0.15) is 0 Å². The molecule has 1 rings (SSSR count). The van der Waals surface area contributed by atoms with Gasteiger partial charge in [-0.05, 0) is 39.0 Å². The van der Waals surface area contributed by atoms with E-state index in [1.807, 2.05) is 0 Å². The highest BCUT2D eigenvalue weighted by Crippen LogP contribution is 2.32. The molecule has 1 fully saturated rings. The molecule has 0 saturated heterocycles. The lowest BCUT2D eigenvalue weighted by Crippen LogP contribution is -2.23. The second kappa shape index (κ2) is 5.50. The van der Waals surface area contributed by atoms with Gasteiger partial charge >= 0.3 is 5.97 Å². The molecule has 0 aromatic rings. The summed E-state index contributed by atoms with van der Waals surface area (Å²) in [5.74, 6) is 0.195. The molecule has 0 atom stereocenters. The van der Waals surface area contributed by atoms with E-state index >= 15 is 0 Å². The average Bonchev–Trinajstić information content (AvgIpc) is 2.94. The van der Waals surface area contributed by atoms with E-state index in [0.717, 1.165) is 18.9 Å². The molecule has 3 nitrogen and oxygen atoms in total. The zero-order chi connectivity index (χ0) is 11.3. The summed E-state index contributed by atoms with van der Waals surface area (Å²) in [7, 11) is 0. The molecule has 0 aromatic carbocycles. The highest BCUT2D eigenvalue weighted by Gasteiger charge is 2.26. The summed E-state index contributed by atoms with van der Waals surface area (Å²) in [5.41, 5.74) is -0.611. The summed E-state index contributed by atoms with van der Waals surface area (Å²) in [6, 6.07) is 0. The van der Waals surface area contributed by atoms with Crippen molar-refractivity contribution in [3.63, 3.8) is 0 Å². The summed E-state index contributed by atoms with van der Waals surface area (Å²) >= 11 is 0. The molecule has 3 heteroatoms. The molecule has 0 heterocycles. The molecule has 0 aliphatic heterocycles. The SMILES string of the molecule is CC(C)(CCCOCCC1CC1)C(=O)O. The first-order valence-corrected chi connectivity index (χ1v) is 5.83. The van der Waals surface area contributed by atoms with Gasteiger partial charge in [-0.1, -0.05) is 12.8 Å². The molecule has 88 valence electrons. The number of carboxylic acid groups (broad SMARTS) is 1. The lowest BCUT2D eigenvalue weighted by molar-refractivity contribution is -0.147.